The van der Waals surface area contributed by atoms with Gasteiger partial charge in [-0.25, -0.2) is 0 Å². The van der Waals surface area contributed by atoms with Crippen LogP contribution >= 0.6 is 22.7 Å². The Kier molecular flexibility index (Phi) is 7.31. The fraction of sp³-hybridized carbons (Fsp3) is 0. The number of fused-ring (bicyclic) bond motifs is 6. The van der Waals surface area contributed by atoms with Gasteiger partial charge in [0, 0.05) is 40.3 Å². The summed E-state index contributed by atoms with van der Waals surface area (Å²) in [7, 11) is -2.81. The minimum atomic E-state index is -2.81. The van der Waals surface area contributed by atoms with Crippen molar-refractivity contribution >= 4 is 91.8 Å². The monoisotopic (exact) mass is 700 g/mol. The molecule has 10 rings (SSSR count). The van der Waals surface area contributed by atoms with Gasteiger partial charge in [-0.3, -0.25) is 0 Å². The molecule has 0 radical (unpaired) electrons. The van der Waals surface area contributed by atoms with Crippen molar-refractivity contribution in [1.82, 2.24) is 0 Å². The van der Waals surface area contributed by atoms with E-state index in [1.807, 2.05) is 22.7 Å². The van der Waals surface area contributed by atoms with Gasteiger partial charge in [0.05, 0.1) is 0 Å². The van der Waals surface area contributed by atoms with Crippen molar-refractivity contribution in [3.63, 3.8) is 0 Å². The van der Waals surface area contributed by atoms with Gasteiger partial charge in [-0.15, -0.1) is 22.7 Å². The van der Waals surface area contributed by atoms with Crippen molar-refractivity contribution < 1.29 is 0 Å². The van der Waals surface area contributed by atoms with Crippen LogP contribution in [0.3, 0.4) is 0 Å². The Morgan fingerprint density at radius 3 is 1.49 bits per heavy atom. The van der Waals surface area contributed by atoms with Crippen molar-refractivity contribution in [2.45, 2.75) is 0 Å². The maximum atomic E-state index is 2.50. The summed E-state index contributed by atoms with van der Waals surface area (Å²) in [5.74, 6) is 0. The summed E-state index contributed by atoms with van der Waals surface area (Å²) >= 11 is 3.77. The first-order chi connectivity index (χ1) is 25.3. The SMILES string of the molecule is c1ccc([Si](c2ccccc2)(c2cccc(-c3ccc4sc5ccccc5c4c3)c2)c2cccc(-c3cccc4c3sc3ccccc34)c2)cc1. The molecule has 0 saturated heterocycles. The number of hydrogen-bond acceptors (Lipinski definition) is 2. The zero-order chi connectivity index (χ0) is 33.8. The van der Waals surface area contributed by atoms with Gasteiger partial charge in [-0.05, 0) is 67.3 Å². The molecule has 2 heterocycles. The fourth-order valence-electron chi connectivity index (χ4n) is 8.11. The zero-order valence-corrected chi connectivity index (χ0v) is 30.4. The van der Waals surface area contributed by atoms with Gasteiger partial charge in [0.15, 0.2) is 8.07 Å². The maximum absolute atomic E-state index is 2.81. The quantitative estimate of drug-likeness (QED) is 0.120. The van der Waals surface area contributed by atoms with E-state index in [4.69, 9.17) is 0 Å². The second-order valence-corrected chi connectivity index (χ2v) is 19.2. The van der Waals surface area contributed by atoms with Crippen LogP contribution in [0.4, 0.5) is 0 Å². The van der Waals surface area contributed by atoms with Crippen molar-refractivity contribution in [1.29, 1.82) is 0 Å². The highest BCUT2D eigenvalue weighted by atomic mass is 32.1. The predicted molar refractivity (Wildman–Crippen MR) is 227 cm³/mol. The molecule has 0 nitrogen and oxygen atoms in total. The molecule has 0 aliphatic carbocycles. The van der Waals surface area contributed by atoms with Gasteiger partial charge in [-0.1, -0.05) is 170 Å². The number of benzene rings is 8. The molecule has 0 unspecified atom stereocenters. The summed E-state index contributed by atoms with van der Waals surface area (Å²) in [4.78, 5) is 0. The first kappa shape index (κ1) is 30.3. The first-order valence-corrected chi connectivity index (χ1v) is 21.1. The lowest BCUT2D eigenvalue weighted by molar-refractivity contribution is 1.64. The topological polar surface area (TPSA) is 0 Å². The molecule has 0 amide bonds. The van der Waals surface area contributed by atoms with E-state index in [-0.39, 0.29) is 0 Å². The first-order valence-electron chi connectivity index (χ1n) is 17.4. The Bertz CT molecular complexity index is 2820. The van der Waals surface area contributed by atoms with Gasteiger partial charge in [0.2, 0.25) is 0 Å². The molecule has 0 spiro atoms. The van der Waals surface area contributed by atoms with E-state index < -0.39 is 8.07 Å². The molecule has 51 heavy (non-hydrogen) atoms. The van der Waals surface area contributed by atoms with E-state index in [9.17, 15) is 0 Å². The minimum absolute atomic E-state index is 1.25. The minimum Gasteiger partial charge on any atom is -0.135 e. The second-order valence-electron chi connectivity index (χ2n) is 13.2. The predicted octanol–water partition coefficient (Wildman–Crippen LogP) is 11.1. The van der Waals surface area contributed by atoms with Crippen molar-refractivity contribution in [2.75, 3.05) is 0 Å². The smallest absolute Gasteiger partial charge is 0.135 e. The largest absolute Gasteiger partial charge is 0.179 e. The second kappa shape index (κ2) is 12.3. The molecule has 0 atom stereocenters. The highest BCUT2D eigenvalue weighted by molar-refractivity contribution is 7.26. The third-order valence-electron chi connectivity index (χ3n) is 10.4. The van der Waals surface area contributed by atoms with E-state index in [0.717, 1.165) is 0 Å². The van der Waals surface area contributed by atoms with Crippen molar-refractivity contribution in [2.24, 2.45) is 0 Å². The molecule has 0 saturated carbocycles. The summed E-state index contributed by atoms with van der Waals surface area (Å²) in [5.41, 5.74) is 5.06. The Balaban J connectivity index is 1.22. The van der Waals surface area contributed by atoms with E-state index in [1.54, 1.807) is 0 Å². The van der Waals surface area contributed by atoms with E-state index in [1.165, 1.54) is 83.3 Å². The van der Waals surface area contributed by atoms with Crippen LogP contribution in [0, 0.1) is 0 Å². The highest BCUT2D eigenvalue weighted by Gasteiger charge is 2.41. The normalized spacial score (nSPS) is 11.9. The van der Waals surface area contributed by atoms with Crippen LogP contribution < -0.4 is 20.7 Å². The van der Waals surface area contributed by atoms with Crippen molar-refractivity contribution in [3.8, 4) is 22.3 Å². The summed E-state index contributed by atoms with van der Waals surface area (Å²) in [5, 5.41) is 10.8. The van der Waals surface area contributed by atoms with Crippen LogP contribution in [0.2, 0.25) is 0 Å². The Morgan fingerprint density at radius 1 is 0.294 bits per heavy atom. The Hall–Kier alpha value is -5.58. The Labute approximate surface area is 306 Å². The van der Waals surface area contributed by atoms with E-state index in [2.05, 4.69) is 194 Å². The third kappa shape index (κ3) is 4.92. The van der Waals surface area contributed by atoms with Gasteiger partial charge in [0.1, 0.15) is 0 Å². The molecule has 8 aromatic carbocycles. The molecule has 0 N–H and O–H groups in total. The van der Waals surface area contributed by atoms with Crippen LogP contribution in [0.1, 0.15) is 0 Å². The lowest BCUT2D eigenvalue weighted by Crippen LogP contribution is -2.74. The molecule has 2 aromatic heterocycles. The molecule has 0 fully saturated rings. The molecule has 240 valence electrons. The molecular formula is C48H32S2Si. The Morgan fingerprint density at radius 2 is 0.784 bits per heavy atom. The molecule has 3 heteroatoms. The molecular weight excluding hydrogens is 669 g/mol. The van der Waals surface area contributed by atoms with Gasteiger partial charge in [-0.2, -0.15) is 0 Å². The van der Waals surface area contributed by atoms with Crippen LogP contribution in [0.25, 0.3) is 62.6 Å². The molecule has 0 aliphatic heterocycles. The average molecular weight is 701 g/mol. The van der Waals surface area contributed by atoms with E-state index in [0.29, 0.717) is 0 Å². The van der Waals surface area contributed by atoms with Crippen LogP contribution in [0.5, 0.6) is 0 Å². The van der Waals surface area contributed by atoms with Gasteiger partial charge >= 0.3 is 0 Å². The summed E-state index contributed by atoms with van der Waals surface area (Å²) in [6.07, 6.45) is 0. The maximum Gasteiger partial charge on any atom is 0.179 e. The third-order valence-corrected chi connectivity index (χ3v) is 17.6. The lowest BCUT2D eigenvalue weighted by Gasteiger charge is -2.35. The van der Waals surface area contributed by atoms with Crippen LogP contribution in [-0.4, -0.2) is 8.07 Å². The molecule has 10 aromatic rings. The standard InChI is InChI=1S/C48H32S2Si/c1-3-16-36(17-4-1)51(37-18-5-2-6-19-37,38-20-11-14-33(30-38)34-28-29-47-44(32-34)42-23-8-9-26-45(42)49-47)39-21-12-15-35(31-39)40-24-13-25-43-41-22-7-10-27-46(41)50-48(40)43/h1-32H. The van der Waals surface area contributed by atoms with Gasteiger partial charge < -0.3 is 0 Å². The summed E-state index contributed by atoms with van der Waals surface area (Å²) in [6.45, 7) is 0. The van der Waals surface area contributed by atoms with Crippen molar-refractivity contribution in [3.05, 3.63) is 194 Å². The molecule has 0 bridgehead atoms. The number of thiophene rings is 2. The van der Waals surface area contributed by atoms with Crippen LogP contribution in [0.15, 0.2) is 194 Å². The zero-order valence-electron chi connectivity index (χ0n) is 27.8. The van der Waals surface area contributed by atoms with Crippen LogP contribution in [-0.2, 0) is 0 Å². The number of hydrogen-bond donors (Lipinski definition) is 0. The number of rotatable bonds is 6. The average Bonchev–Trinajstić information content (AvgIpc) is 3.78. The molecule has 0 aliphatic rings. The highest BCUT2D eigenvalue weighted by Crippen LogP contribution is 2.40. The van der Waals surface area contributed by atoms with Gasteiger partial charge in [0.25, 0.3) is 0 Å². The fourth-order valence-corrected chi connectivity index (χ4v) is 15.3. The summed E-state index contributed by atoms with van der Waals surface area (Å²) < 4.78 is 5.35. The summed E-state index contributed by atoms with van der Waals surface area (Å²) in [6, 6.07) is 72.8. The van der Waals surface area contributed by atoms with E-state index >= 15 is 0 Å². The lowest BCUT2D eigenvalue weighted by atomic mass is 10.0.